The molecule has 0 bridgehead atoms. The lowest BCUT2D eigenvalue weighted by atomic mass is 9.65. The van der Waals surface area contributed by atoms with Crippen LogP contribution >= 0.6 is 11.8 Å². The van der Waals surface area contributed by atoms with Crippen LogP contribution in [0.1, 0.15) is 56.4 Å². The Balaban J connectivity index is 1.66. The highest BCUT2D eigenvalue weighted by Crippen LogP contribution is 2.63. The van der Waals surface area contributed by atoms with Gasteiger partial charge in [0.1, 0.15) is 0 Å². The minimum Gasteiger partial charge on any atom is -0.358 e. The van der Waals surface area contributed by atoms with E-state index in [1.807, 2.05) is 12.1 Å². The topological polar surface area (TPSA) is 32.3 Å². The van der Waals surface area contributed by atoms with E-state index in [2.05, 4.69) is 92.5 Å². The maximum Gasteiger partial charge on any atom is 0.268 e. The number of rotatable bonds is 2. The summed E-state index contributed by atoms with van der Waals surface area (Å²) in [7, 11) is 0. The molecule has 0 saturated carbocycles. The molecule has 0 radical (unpaired) electrons. The number of amides is 1. The molecule has 1 spiro atoms. The van der Waals surface area contributed by atoms with E-state index in [1.165, 1.54) is 16.7 Å². The predicted molar refractivity (Wildman–Crippen MR) is 132 cm³/mol. The molecule has 3 nitrogen and oxygen atoms in total. The molecule has 162 valence electrons. The van der Waals surface area contributed by atoms with Gasteiger partial charge in [-0.15, -0.1) is 0 Å². The molecule has 4 heteroatoms. The van der Waals surface area contributed by atoms with Gasteiger partial charge in [0, 0.05) is 27.1 Å². The summed E-state index contributed by atoms with van der Waals surface area (Å²) in [6, 6.07) is 23.7. The van der Waals surface area contributed by atoms with Gasteiger partial charge in [0.2, 0.25) is 0 Å². The molecule has 3 aliphatic heterocycles. The lowest BCUT2D eigenvalue weighted by Crippen LogP contribution is -2.56. The number of hydrogen-bond donors (Lipinski definition) is 1. The summed E-state index contributed by atoms with van der Waals surface area (Å²) < 4.78 is 0. The Hall–Kier alpha value is -2.72. The van der Waals surface area contributed by atoms with Crippen LogP contribution in [0.4, 0.5) is 11.4 Å². The standard InChI is InChI=1S/C28H28N2OS/c1-5-18-15-20-24-21(16-18)28(29-22-13-9-10-14-23(22)32-28)25(31)30(24)26(2,3)17-27(20,4)19-11-7-6-8-12-19/h6-16,29H,5,17H2,1-4H3/t27-,28+/m0/s1. The Morgan fingerprint density at radius 3 is 2.38 bits per heavy atom. The summed E-state index contributed by atoms with van der Waals surface area (Å²) in [5, 5.41) is 3.66. The monoisotopic (exact) mass is 440 g/mol. The maximum absolute atomic E-state index is 14.3. The van der Waals surface area contributed by atoms with Gasteiger partial charge in [-0.05, 0) is 61.6 Å². The highest BCUT2D eigenvalue weighted by molar-refractivity contribution is 8.01. The second kappa shape index (κ2) is 6.41. The quantitative estimate of drug-likeness (QED) is 0.497. The number of thioether (sulfide) groups is 1. The third-order valence-corrected chi connectivity index (χ3v) is 8.92. The molecule has 2 atom stereocenters. The van der Waals surface area contributed by atoms with Gasteiger partial charge in [-0.25, -0.2) is 0 Å². The Morgan fingerprint density at radius 2 is 1.66 bits per heavy atom. The average Bonchev–Trinajstić information content (AvgIpc) is 3.29. The number of nitrogens with zero attached hydrogens (tertiary/aromatic N) is 1. The van der Waals surface area contributed by atoms with Gasteiger partial charge in [-0.2, -0.15) is 0 Å². The fraction of sp³-hybridized carbons (Fsp3) is 0.321. The molecule has 1 N–H and O–H groups in total. The van der Waals surface area contributed by atoms with Crippen LogP contribution in [0.15, 0.2) is 71.6 Å². The van der Waals surface area contributed by atoms with E-state index in [1.54, 1.807) is 11.8 Å². The van der Waals surface area contributed by atoms with Crippen molar-refractivity contribution in [1.82, 2.24) is 0 Å². The van der Waals surface area contributed by atoms with Crippen LogP contribution < -0.4 is 10.2 Å². The zero-order valence-electron chi connectivity index (χ0n) is 19.0. The van der Waals surface area contributed by atoms with Crippen molar-refractivity contribution in [1.29, 1.82) is 0 Å². The van der Waals surface area contributed by atoms with Gasteiger partial charge >= 0.3 is 0 Å². The first kappa shape index (κ1) is 19.9. The minimum atomic E-state index is -0.793. The number of anilines is 2. The van der Waals surface area contributed by atoms with E-state index >= 15 is 0 Å². The third-order valence-electron chi connectivity index (χ3n) is 7.54. The zero-order valence-corrected chi connectivity index (χ0v) is 19.8. The molecule has 0 aromatic heterocycles. The lowest BCUT2D eigenvalue weighted by molar-refractivity contribution is -0.120. The van der Waals surface area contributed by atoms with Crippen LogP contribution in [0.3, 0.4) is 0 Å². The molecule has 3 aromatic rings. The van der Waals surface area contributed by atoms with Gasteiger partial charge in [-0.3, -0.25) is 4.79 Å². The molecule has 3 heterocycles. The summed E-state index contributed by atoms with van der Waals surface area (Å²) >= 11 is 1.67. The van der Waals surface area contributed by atoms with Crippen molar-refractivity contribution >= 4 is 29.0 Å². The van der Waals surface area contributed by atoms with E-state index in [4.69, 9.17) is 0 Å². The molecule has 32 heavy (non-hydrogen) atoms. The summed E-state index contributed by atoms with van der Waals surface area (Å²) in [5.41, 5.74) is 6.68. The normalized spacial score (nSPS) is 26.8. The van der Waals surface area contributed by atoms with Crippen LogP contribution in [0, 0.1) is 0 Å². The van der Waals surface area contributed by atoms with Gasteiger partial charge < -0.3 is 10.2 Å². The smallest absolute Gasteiger partial charge is 0.268 e. The molecule has 3 aliphatic rings. The van der Waals surface area contributed by atoms with Gasteiger partial charge in [-0.1, -0.05) is 74.1 Å². The number of para-hydroxylation sites is 1. The molecule has 3 aromatic carbocycles. The molecule has 0 unspecified atom stereocenters. The second-order valence-corrected chi connectivity index (χ2v) is 11.4. The number of aryl methyl sites for hydroxylation is 1. The van der Waals surface area contributed by atoms with Gasteiger partial charge in [0.25, 0.3) is 5.91 Å². The zero-order chi connectivity index (χ0) is 22.3. The predicted octanol–water partition coefficient (Wildman–Crippen LogP) is 6.45. The van der Waals surface area contributed by atoms with E-state index in [0.717, 1.165) is 34.7 Å². The van der Waals surface area contributed by atoms with Crippen molar-refractivity contribution in [2.75, 3.05) is 10.2 Å². The van der Waals surface area contributed by atoms with Gasteiger partial charge in [0.15, 0.2) is 4.87 Å². The van der Waals surface area contributed by atoms with Crippen molar-refractivity contribution in [2.24, 2.45) is 0 Å². The Kier molecular flexibility index (Phi) is 3.99. The molecular weight excluding hydrogens is 412 g/mol. The number of benzene rings is 3. The summed E-state index contributed by atoms with van der Waals surface area (Å²) in [6.07, 6.45) is 1.82. The summed E-state index contributed by atoms with van der Waals surface area (Å²) in [4.78, 5) is 16.7. The number of carbonyl (C=O) groups excluding carboxylic acids is 1. The van der Waals surface area contributed by atoms with Crippen molar-refractivity contribution in [3.05, 3.63) is 89.0 Å². The number of carbonyl (C=O) groups is 1. The van der Waals surface area contributed by atoms with E-state index in [0.29, 0.717) is 0 Å². The van der Waals surface area contributed by atoms with E-state index in [9.17, 15) is 4.79 Å². The number of fused-ring (bicyclic) bond motifs is 2. The second-order valence-electron chi connectivity index (χ2n) is 10.1. The SMILES string of the molecule is CCc1cc2c3c(c1)[C@]1(Nc4ccccc4S1)C(=O)N3C(C)(C)C[C@@]2(C)c1ccccc1. The lowest BCUT2D eigenvalue weighted by Gasteiger charge is -2.50. The molecule has 0 saturated heterocycles. The largest absolute Gasteiger partial charge is 0.358 e. The third kappa shape index (κ3) is 2.42. The van der Waals surface area contributed by atoms with Crippen molar-refractivity contribution in [3.8, 4) is 0 Å². The van der Waals surface area contributed by atoms with Crippen molar-refractivity contribution in [3.63, 3.8) is 0 Å². The van der Waals surface area contributed by atoms with Crippen molar-refractivity contribution < 1.29 is 4.79 Å². The van der Waals surface area contributed by atoms with Crippen LogP contribution in [0.2, 0.25) is 0 Å². The Bertz CT molecular complexity index is 1240. The van der Waals surface area contributed by atoms with E-state index in [-0.39, 0.29) is 16.9 Å². The highest BCUT2D eigenvalue weighted by atomic mass is 32.2. The molecule has 0 aliphatic carbocycles. The number of nitrogens with one attached hydrogen (secondary N) is 1. The number of hydrogen-bond acceptors (Lipinski definition) is 3. The molecular formula is C28H28N2OS. The van der Waals surface area contributed by atoms with Crippen LogP contribution in [0.25, 0.3) is 0 Å². The molecule has 6 rings (SSSR count). The maximum atomic E-state index is 14.3. The van der Waals surface area contributed by atoms with Crippen LogP contribution in [-0.2, 0) is 21.5 Å². The highest BCUT2D eigenvalue weighted by Gasteiger charge is 2.62. The van der Waals surface area contributed by atoms with Crippen LogP contribution in [0.5, 0.6) is 0 Å². The van der Waals surface area contributed by atoms with E-state index < -0.39 is 4.87 Å². The first-order chi connectivity index (χ1) is 15.3. The Morgan fingerprint density at radius 1 is 0.969 bits per heavy atom. The fourth-order valence-electron chi connectivity index (χ4n) is 6.14. The molecule has 1 amide bonds. The molecule has 0 fully saturated rings. The average molecular weight is 441 g/mol. The van der Waals surface area contributed by atoms with Crippen LogP contribution in [-0.4, -0.2) is 11.4 Å². The first-order valence-corrected chi connectivity index (χ1v) is 12.3. The van der Waals surface area contributed by atoms with Gasteiger partial charge in [0.05, 0.1) is 5.69 Å². The minimum absolute atomic E-state index is 0.156. The summed E-state index contributed by atoms with van der Waals surface area (Å²) in [6.45, 7) is 9.00. The fourth-order valence-corrected chi connectivity index (χ4v) is 7.45. The summed E-state index contributed by atoms with van der Waals surface area (Å²) in [5.74, 6) is 0.156. The Labute approximate surface area is 194 Å². The first-order valence-electron chi connectivity index (χ1n) is 11.4. The van der Waals surface area contributed by atoms with Crippen molar-refractivity contribution in [2.45, 2.75) is 61.3 Å².